The molecule has 1 saturated carbocycles. The number of hydrogen-bond donors (Lipinski definition) is 0. The summed E-state index contributed by atoms with van der Waals surface area (Å²) in [6.45, 7) is 7.06. The zero-order chi connectivity index (χ0) is 28.2. The summed E-state index contributed by atoms with van der Waals surface area (Å²) in [7, 11) is -3.21. The minimum absolute atomic E-state index is 0.132. The summed E-state index contributed by atoms with van der Waals surface area (Å²) in [6, 6.07) is 6.55. The lowest BCUT2D eigenvalue weighted by Gasteiger charge is -2.58. The SMILES string of the molecule is C[C@@H]1CN(c2ncc(C(F)(F)F)cn2)[C@@H](C)CN1C(=O)OC1CC2(C1)CN(Cc1ccc(S(C)(=O)=O)cc1)C2. The van der Waals surface area contributed by atoms with Gasteiger partial charge >= 0.3 is 12.3 Å². The molecular formula is C26H32F3N5O4S. The fourth-order valence-corrected chi connectivity index (χ4v) is 6.48. The summed E-state index contributed by atoms with van der Waals surface area (Å²) in [6.07, 6.45) is -0.619. The van der Waals surface area contributed by atoms with Crippen LogP contribution in [0.2, 0.25) is 0 Å². The topological polar surface area (TPSA) is 95.9 Å². The van der Waals surface area contributed by atoms with Gasteiger partial charge in [0.05, 0.1) is 10.5 Å². The molecule has 3 fully saturated rings. The molecule has 0 unspecified atom stereocenters. The van der Waals surface area contributed by atoms with Gasteiger partial charge in [0.1, 0.15) is 6.10 Å². The number of alkyl halides is 3. The minimum atomic E-state index is -4.49. The van der Waals surface area contributed by atoms with Crippen LogP contribution in [0.15, 0.2) is 41.6 Å². The molecule has 212 valence electrons. The van der Waals surface area contributed by atoms with Crippen molar-refractivity contribution in [3.8, 4) is 0 Å². The fraction of sp³-hybridized carbons (Fsp3) is 0.577. The Balaban J connectivity index is 1.07. The maximum atomic E-state index is 13.0. The number of aromatic nitrogens is 2. The molecule has 0 radical (unpaired) electrons. The number of anilines is 1. The molecule has 3 aliphatic rings. The molecule has 39 heavy (non-hydrogen) atoms. The number of likely N-dealkylation sites (tertiary alicyclic amines) is 1. The Kier molecular flexibility index (Phi) is 7.03. The molecule has 1 spiro atoms. The van der Waals surface area contributed by atoms with E-state index in [1.807, 2.05) is 30.9 Å². The minimum Gasteiger partial charge on any atom is -0.446 e. The van der Waals surface area contributed by atoms with Crippen molar-refractivity contribution in [1.82, 2.24) is 19.8 Å². The average Bonchev–Trinajstić information content (AvgIpc) is 2.81. The molecule has 1 aromatic carbocycles. The van der Waals surface area contributed by atoms with E-state index < -0.39 is 21.6 Å². The monoisotopic (exact) mass is 567 g/mol. The van der Waals surface area contributed by atoms with Gasteiger partial charge in [0.2, 0.25) is 5.95 Å². The summed E-state index contributed by atoms with van der Waals surface area (Å²) in [5, 5.41) is 0. The number of hydrogen-bond acceptors (Lipinski definition) is 8. The second-order valence-corrected chi connectivity index (χ2v) is 13.3. The second kappa shape index (κ2) is 9.92. The fourth-order valence-electron chi connectivity index (χ4n) is 5.85. The van der Waals surface area contributed by atoms with E-state index >= 15 is 0 Å². The highest BCUT2D eigenvalue weighted by Crippen LogP contribution is 2.50. The van der Waals surface area contributed by atoms with Crippen LogP contribution in [-0.2, 0) is 27.3 Å². The Labute approximate surface area is 225 Å². The third-order valence-electron chi connectivity index (χ3n) is 7.91. The highest BCUT2D eigenvalue weighted by molar-refractivity contribution is 7.90. The molecule has 0 N–H and O–H groups in total. The Hall–Kier alpha value is -2.93. The van der Waals surface area contributed by atoms with Gasteiger partial charge in [-0.15, -0.1) is 0 Å². The van der Waals surface area contributed by atoms with Crippen molar-refractivity contribution in [2.45, 2.75) is 62.5 Å². The van der Waals surface area contributed by atoms with Gasteiger partial charge in [0.25, 0.3) is 0 Å². The van der Waals surface area contributed by atoms with Crippen LogP contribution in [0.1, 0.15) is 37.8 Å². The van der Waals surface area contributed by atoms with E-state index in [0.29, 0.717) is 18.0 Å². The zero-order valence-electron chi connectivity index (χ0n) is 22.1. The Morgan fingerprint density at radius 1 is 1.05 bits per heavy atom. The summed E-state index contributed by atoms with van der Waals surface area (Å²) in [4.78, 5) is 26.9. The first-order valence-electron chi connectivity index (χ1n) is 12.9. The number of piperazine rings is 1. The van der Waals surface area contributed by atoms with Gasteiger partial charge in [0.15, 0.2) is 9.84 Å². The van der Waals surface area contributed by atoms with E-state index in [1.165, 1.54) is 6.26 Å². The zero-order valence-corrected chi connectivity index (χ0v) is 22.9. The van der Waals surface area contributed by atoms with Gasteiger partial charge < -0.3 is 14.5 Å². The molecular weight excluding hydrogens is 535 g/mol. The average molecular weight is 568 g/mol. The van der Waals surface area contributed by atoms with Gasteiger partial charge in [-0.05, 0) is 44.4 Å². The van der Waals surface area contributed by atoms with Crippen molar-refractivity contribution < 1.29 is 31.1 Å². The van der Waals surface area contributed by atoms with Crippen LogP contribution in [0.25, 0.3) is 0 Å². The van der Waals surface area contributed by atoms with Crippen LogP contribution in [0.3, 0.4) is 0 Å². The van der Waals surface area contributed by atoms with Gasteiger partial charge in [0, 0.05) is 68.9 Å². The van der Waals surface area contributed by atoms with E-state index in [-0.39, 0.29) is 35.6 Å². The standard InChI is InChI=1S/C26H32F3N5O4S/c1-17-13-34(18(2)12-33(17)23-30-10-20(11-31-23)26(27,28)29)24(35)38-21-8-25(9-21)15-32(16-25)14-19-4-6-22(7-5-19)39(3,36)37/h4-7,10-11,17-18,21H,8-9,12-16H2,1-3H3/t17-,18+/m0/s1. The molecule has 2 saturated heterocycles. The number of ether oxygens (including phenoxy) is 1. The lowest BCUT2D eigenvalue weighted by Crippen LogP contribution is -2.64. The number of benzene rings is 1. The number of nitrogens with zero attached hydrogens (tertiary/aromatic N) is 5. The van der Waals surface area contributed by atoms with Crippen molar-refractivity contribution in [2.24, 2.45) is 5.41 Å². The molecule has 13 heteroatoms. The number of rotatable bonds is 5. The molecule has 3 heterocycles. The van der Waals surface area contributed by atoms with Crippen LogP contribution in [0, 0.1) is 5.41 Å². The van der Waals surface area contributed by atoms with Crippen LogP contribution >= 0.6 is 0 Å². The Morgan fingerprint density at radius 3 is 2.23 bits per heavy atom. The van der Waals surface area contributed by atoms with E-state index in [0.717, 1.165) is 50.4 Å². The first-order valence-corrected chi connectivity index (χ1v) is 14.8. The number of sulfone groups is 1. The van der Waals surface area contributed by atoms with Crippen molar-refractivity contribution in [1.29, 1.82) is 0 Å². The molecule has 2 aliphatic heterocycles. The van der Waals surface area contributed by atoms with Crippen molar-refractivity contribution in [2.75, 3.05) is 37.3 Å². The summed E-state index contributed by atoms with van der Waals surface area (Å²) >= 11 is 0. The molecule has 9 nitrogen and oxygen atoms in total. The molecule has 1 aromatic heterocycles. The quantitative estimate of drug-likeness (QED) is 0.541. The lowest BCUT2D eigenvalue weighted by molar-refractivity contribution is -0.138. The predicted octanol–water partition coefficient (Wildman–Crippen LogP) is 3.60. The van der Waals surface area contributed by atoms with Crippen LogP contribution in [-0.4, -0.2) is 84.9 Å². The Morgan fingerprint density at radius 2 is 1.67 bits per heavy atom. The van der Waals surface area contributed by atoms with Gasteiger partial charge in [-0.3, -0.25) is 4.90 Å². The number of amides is 1. The van der Waals surface area contributed by atoms with Gasteiger partial charge in [-0.1, -0.05) is 12.1 Å². The maximum Gasteiger partial charge on any atom is 0.419 e. The molecule has 2 atom stereocenters. The van der Waals surface area contributed by atoms with Crippen LogP contribution in [0.4, 0.5) is 23.9 Å². The number of carbonyl (C=O) groups is 1. The third kappa shape index (κ3) is 5.84. The van der Waals surface area contributed by atoms with Gasteiger partial charge in [-0.2, -0.15) is 13.2 Å². The Bertz CT molecular complexity index is 1310. The van der Waals surface area contributed by atoms with E-state index in [9.17, 15) is 26.4 Å². The highest BCUT2D eigenvalue weighted by Gasteiger charge is 2.54. The smallest absolute Gasteiger partial charge is 0.419 e. The predicted molar refractivity (Wildman–Crippen MR) is 137 cm³/mol. The number of halogens is 3. The maximum absolute atomic E-state index is 13.0. The summed E-state index contributed by atoms with van der Waals surface area (Å²) < 4.78 is 67.6. The molecule has 0 bridgehead atoms. The largest absolute Gasteiger partial charge is 0.446 e. The van der Waals surface area contributed by atoms with Crippen molar-refractivity contribution >= 4 is 21.9 Å². The lowest BCUT2D eigenvalue weighted by atomic mass is 9.61. The number of carbonyl (C=O) groups excluding carboxylic acids is 1. The summed E-state index contributed by atoms with van der Waals surface area (Å²) in [5.74, 6) is 0.206. The van der Waals surface area contributed by atoms with Crippen LogP contribution < -0.4 is 4.90 Å². The second-order valence-electron chi connectivity index (χ2n) is 11.2. The normalized spacial score (nSPS) is 23.8. The summed E-state index contributed by atoms with van der Waals surface area (Å²) in [5.41, 5.74) is 0.323. The van der Waals surface area contributed by atoms with E-state index in [2.05, 4.69) is 14.9 Å². The molecule has 5 rings (SSSR count). The first-order chi connectivity index (χ1) is 18.2. The third-order valence-corrected chi connectivity index (χ3v) is 9.04. The van der Waals surface area contributed by atoms with Crippen LogP contribution in [0.5, 0.6) is 0 Å². The molecule has 1 amide bonds. The first kappa shape index (κ1) is 27.6. The molecule has 1 aliphatic carbocycles. The van der Waals surface area contributed by atoms with Crippen molar-refractivity contribution in [3.05, 3.63) is 47.8 Å². The van der Waals surface area contributed by atoms with E-state index in [4.69, 9.17) is 4.74 Å². The highest BCUT2D eigenvalue weighted by atomic mass is 32.2. The van der Waals surface area contributed by atoms with Crippen molar-refractivity contribution in [3.63, 3.8) is 0 Å². The molecule has 2 aromatic rings. The van der Waals surface area contributed by atoms with Gasteiger partial charge in [-0.25, -0.2) is 23.2 Å². The van der Waals surface area contributed by atoms with E-state index in [1.54, 1.807) is 17.0 Å².